The third kappa shape index (κ3) is 4.09. The molecule has 0 saturated carbocycles. The lowest BCUT2D eigenvalue weighted by Crippen LogP contribution is -2.42. The average molecular weight is 294 g/mol. The standard InChI is InChI=1S/C15H22N2O4/c1-21-8-7-17(10-12-3-2-6-16-12)15(20)11-4-5-13(18)14(19)9-11/h4-5,9,12,16,18-19H,2-3,6-8,10H2,1H3. The van der Waals surface area contributed by atoms with Crippen molar-refractivity contribution in [1.29, 1.82) is 0 Å². The van der Waals surface area contributed by atoms with Crippen molar-refractivity contribution in [3.63, 3.8) is 0 Å². The predicted octanol–water partition coefficient (Wildman–Crippen LogP) is 0.938. The van der Waals surface area contributed by atoms with Gasteiger partial charge in [-0.25, -0.2) is 0 Å². The minimum atomic E-state index is -0.286. The van der Waals surface area contributed by atoms with E-state index in [-0.39, 0.29) is 17.4 Å². The number of hydrogen-bond acceptors (Lipinski definition) is 5. The van der Waals surface area contributed by atoms with Gasteiger partial charge in [0.25, 0.3) is 5.91 Å². The van der Waals surface area contributed by atoms with E-state index in [9.17, 15) is 15.0 Å². The molecule has 2 rings (SSSR count). The summed E-state index contributed by atoms with van der Waals surface area (Å²) >= 11 is 0. The van der Waals surface area contributed by atoms with E-state index in [1.54, 1.807) is 12.0 Å². The number of amides is 1. The topological polar surface area (TPSA) is 82.0 Å². The van der Waals surface area contributed by atoms with Crippen LogP contribution in [0.3, 0.4) is 0 Å². The summed E-state index contributed by atoms with van der Waals surface area (Å²) in [5.41, 5.74) is 0.361. The number of methoxy groups -OCH3 is 1. The van der Waals surface area contributed by atoms with Crippen LogP contribution >= 0.6 is 0 Å². The van der Waals surface area contributed by atoms with Crippen molar-refractivity contribution in [2.75, 3.05) is 33.4 Å². The molecule has 1 unspecified atom stereocenters. The molecule has 1 atom stereocenters. The predicted molar refractivity (Wildman–Crippen MR) is 78.6 cm³/mol. The van der Waals surface area contributed by atoms with E-state index in [0.29, 0.717) is 31.3 Å². The van der Waals surface area contributed by atoms with Crippen LogP contribution in [0.2, 0.25) is 0 Å². The van der Waals surface area contributed by atoms with Crippen LogP contribution in [0, 0.1) is 0 Å². The van der Waals surface area contributed by atoms with Gasteiger partial charge in [-0.05, 0) is 37.6 Å². The van der Waals surface area contributed by atoms with Crippen LogP contribution < -0.4 is 5.32 Å². The van der Waals surface area contributed by atoms with Crippen molar-refractivity contribution in [1.82, 2.24) is 10.2 Å². The molecule has 0 bridgehead atoms. The molecule has 0 aromatic heterocycles. The van der Waals surface area contributed by atoms with Gasteiger partial charge in [-0.3, -0.25) is 4.79 Å². The van der Waals surface area contributed by atoms with Gasteiger partial charge in [0.15, 0.2) is 11.5 Å². The molecule has 0 spiro atoms. The van der Waals surface area contributed by atoms with E-state index in [1.807, 2.05) is 0 Å². The number of phenols is 2. The minimum absolute atomic E-state index is 0.170. The molecule has 1 aliphatic heterocycles. The van der Waals surface area contributed by atoms with Gasteiger partial charge in [0.05, 0.1) is 6.61 Å². The second-order valence-electron chi connectivity index (χ2n) is 5.24. The van der Waals surface area contributed by atoms with E-state index >= 15 is 0 Å². The molecular weight excluding hydrogens is 272 g/mol. The van der Waals surface area contributed by atoms with Crippen LogP contribution in [0.15, 0.2) is 18.2 Å². The maximum Gasteiger partial charge on any atom is 0.254 e. The van der Waals surface area contributed by atoms with Gasteiger partial charge in [0.1, 0.15) is 0 Å². The van der Waals surface area contributed by atoms with E-state index in [1.165, 1.54) is 18.2 Å². The van der Waals surface area contributed by atoms with Gasteiger partial charge >= 0.3 is 0 Å². The number of aromatic hydroxyl groups is 2. The Morgan fingerprint density at radius 3 is 2.86 bits per heavy atom. The van der Waals surface area contributed by atoms with Gasteiger partial charge in [0, 0.05) is 31.8 Å². The van der Waals surface area contributed by atoms with Gasteiger partial charge in [-0.15, -0.1) is 0 Å². The van der Waals surface area contributed by atoms with Crippen LogP contribution in [-0.2, 0) is 4.74 Å². The Labute approximate surface area is 124 Å². The average Bonchev–Trinajstić information content (AvgIpc) is 2.98. The molecule has 21 heavy (non-hydrogen) atoms. The maximum absolute atomic E-state index is 12.6. The van der Waals surface area contributed by atoms with E-state index < -0.39 is 0 Å². The van der Waals surface area contributed by atoms with Crippen molar-refractivity contribution < 1.29 is 19.7 Å². The monoisotopic (exact) mass is 294 g/mol. The third-order valence-electron chi connectivity index (χ3n) is 3.68. The normalized spacial score (nSPS) is 17.9. The highest BCUT2D eigenvalue weighted by Gasteiger charge is 2.22. The van der Waals surface area contributed by atoms with Gasteiger partial charge < -0.3 is 25.2 Å². The lowest BCUT2D eigenvalue weighted by molar-refractivity contribution is 0.0679. The smallest absolute Gasteiger partial charge is 0.254 e. The maximum atomic E-state index is 12.6. The van der Waals surface area contributed by atoms with Crippen molar-refractivity contribution in [3.05, 3.63) is 23.8 Å². The second kappa shape index (κ2) is 7.28. The van der Waals surface area contributed by atoms with Crippen LogP contribution in [0.1, 0.15) is 23.2 Å². The van der Waals surface area contributed by atoms with E-state index in [2.05, 4.69) is 5.32 Å². The highest BCUT2D eigenvalue weighted by molar-refractivity contribution is 5.95. The highest BCUT2D eigenvalue weighted by Crippen LogP contribution is 2.25. The Bertz CT molecular complexity index is 487. The van der Waals surface area contributed by atoms with Crippen molar-refractivity contribution in [2.45, 2.75) is 18.9 Å². The number of carbonyl (C=O) groups excluding carboxylic acids is 1. The Hall–Kier alpha value is -1.79. The summed E-state index contributed by atoms with van der Waals surface area (Å²) in [7, 11) is 1.60. The molecule has 1 saturated heterocycles. The summed E-state index contributed by atoms with van der Waals surface area (Å²) < 4.78 is 5.06. The number of ether oxygens (including phenoxy) is 1. The first kappa shape index (κ1) is 15.6. The summed E-state index contributed by atoms with van der Waals surface area (Å²) in [6, 6.07) is 4.43. The minimum Gasteiger partial charge on any atom is -0.504 e. The number of rotatable bonds is 6. The summed E-state index contributed by atoms with van der Waals surface area (Å²) in [5.74, 6) is -0.685. The fraction of sp³-hybridized carbons (Fsp3) is 0.533. The third-order valence-corrected chi connectivity index (χ3v) is 3.68. The Balaban J connectivity index is 2.09. The first-order valence-corrected chi connectivity index (χ1v) is 7.15. The van der Waals surface area contributed by atoms with E-state index in [0.717, 1.165) is 19.4 Å². The SMILES string of the molecule is COCCN(CC1CCCN1)C(=O)c1ccc(O)c(O)c1. The Morgan fingerprint density at radius 2 is 2.24 bits per heavy atom. The number of hydrogen-bond donors (Lipinski definition) is 3. The zero-order valence-corrected chi connectivity index (χ0v) is 12.2. The fourth-order valence-corrected chi connectivity index (χ4v) is 2.49. The molecule has 0 aliphatic carbocycles. The molecule has 6 heteroatoms. The first-order chi connectivity index (χ1) is 10.1. The number of benzene rings is 1. The number of nitrogens with zero attached hydrogens (tertiary/aromatic N) is 1. The quantitative estimate of drug-likeness (QED) is 0.680. The van der Waals surface area contributed by atoms with Gasteiger partial charge in [0.2, 0.25) is 0 Å². The van der Waals surface area contributed by atoms with Gasteiger partial charge in [-0.2, -0.15) is 0 Å². The molecular formula is C15H22N2O4. The van der Waals surface area contributed by atoms with Crippen molar-refractivity contribution >= 4 is 5.91 Å². The fourth-order valence-electron chi connectivity index (χ4n) is 2.49. The molecule has 1 heterocycles. The lowest BCUT2D eigenvalue weighted by Gasteiger charge is -2.26. The summed E-state index contributed by atoms with van der Waals surface area (Å²) in [5, 5.41) is 22.2. The summed E-state index contributed by atoms with van der Waals surface area (Å²) in [6.07, 6.45) is 2.18. The van der Waals surface area contributed by atoms with Crippen molar-refractivity contribution in [2.24, 2.45) is 0 Å². The van der Waals surface area contributed by atoms with Crippen molar-refractivity contribution in [3.8, 4) is 11.5 Å². The highest BCUT2D eigenvalue weighted by atomic mass is 16.5. The zero-order valence-electron chi connectivity index (χ0n) is 12.2. The molecule has 6 nitrogen and oxygen atoms in total. The number of nitrogens with one attached hydrogen (secondary N) is 1. The van der Waals surface area contributed by atoms with Crippen LogP contribution in [0.25, 0.3) is 0 Å². The first-order valence-electron chi connectivity index (χ1n) is 7.15. The Kier molecular flexibility index (Phi) is 5.41. The molecule has 1 aliphatic rings. The van der Waals surface area contributed by atoms with E-state index in [4.69, 9.17) is 4.74 Å². The van der Waals surface area contributed by atoms with Crippen LogP contribution in [0.4, 0.5) is 0 Å². The lowest BCUT2D eigenvalue weighted by atomic mass is 10.1. The molecule has 1 amide bonds. The summed E-state index contributed by atoms with van der Waals surface area (Å²) in [6.45, 7) is 2.55. The molecule has 116 valence electrons. The Morgan fingerprint density at radius 1 is 1.43 bits per heavy atom. The largest absolute Gasteiger partial charge is 0.504 e. The second-order valence-corrected chi connectivity index (χ2v) is 5.24. The van der Waals surface area contributed by atoms with Gasteiger partial charge in [-0.1, -0.05) is 0 Å². The molecule has 1 aromatic rings. The molecule has 1 fully saturated rings. The number of carbonyl (C=O) groups is 1. The number of phenolic OH excluding ortho intramolecular Hbond substituents is 2. The molecule has 1 aromatic carbocycles. The van der Waals surface area contributed by atoms with Crippen LogP contribution in [0.5, 0.6) is 11.5 Å². The van der Waals surface area contributed by atoms with Crippen LogP contribution in [-0.4, -0.2) is 60.4 Å². The zero-order chi connectivity index (χ0) is 15.2. The molecule has 3 N–H and O–H groups in total. The molecule has 0 radical (unpaired) electrons. The summed E-state index contributed by atoms with van der Waals surface area (Å²) in [4.78, 5) is 14.3.